The first-order chi connectivity index (χ1) is 9.40. The van der Waals surface area contributed by atoms with Crippen molar-refractivity contribution in [1.82, 2.24) is 4.57 Å². The normalized spacial score (nSPS) is 11.4. The van der Waals surface area contributed by atoms with E-state index in [-0.39, 0.29) is 28.4 Å². The van der Waals surface area contributed by atoms with Crippen LogP contribution in [0.4, 0.5) is 10.1 Å². The zero-order valence-electron chi connectivity index (χ0n) is 10.5. The number of halogens is 1. The number of nitrogens with zero attached hydrogens (tertiary/aromatic N) is 1. The zero-order valence-corrected chi connectivity index (χ0v) is 11.3. The minimum atomic E-state index is -3.75. The predicted octanol–water partition coefficient (Wildman–Crippen LogP) is 1.04. The fraction of sp³-hybridized carbons (Fsp3) is 0.154. The van der Waals surface area contributed by atoms with Gasteiger partial charge in [0.1, 0.15) is 5.82 Å². The van der Waals surface area contributed by atoms with E-state index < -0.39 is 15.7 Å². The summed E-state index contributed by atoms with van der Waals surface area (Å²) in [5.74, 6) is -1.00. The average Bonchev–Trinajstić information content (AvgIpc) is 2.40. The van der Waals surface area contributed by atoms with E-state index in [0.717, 1.165) is 12.1 Å². The van der Waals surface area contributed by atoms with Crippen molar-refractivity contribution in [3.05, 3.63) is 58.8 Å². The molecule has 0 saturated carbocycles. The van der Waals surface area contributed by atoms with E-state index in [4.69, 9.17) is 5.73 Å². The number of anilines is 1. The van der Waals surface area contributed by atoms with Crippen LogP contribution in [-0.4, -0.2) is 18.7 Å². The van der Waals surface area contributed by atoms with E-state index in [9.17, 15) is 17.6 Å². The maximum atomic E-state index is 13.1. The average molecular weight is 296 g/mol. The Morgan fingerprint density at radius 2 is 1.95 bits per heavy atom. The summed E-state index contributed by atoms with van der Waals surface area (Å²) >= 11 is 0. The Balaban J connectivity index is 2.26. The van der Waals surface area contributed by atoms with Crippen molar-refractivity contribution in [1.29, 1.82) is 0 Å². The highest BCUT2D eigenvalue weighted by molar-refractivity contribution is 7.91. The van der Waals surface area contributed by atoms with Crippen molar-refractivity contribution in [2.45, 2.75) is 11.4 Å². The van der Waals surface area contributed by atoms with Gasteiger partial charge in [-0.25, -0.2) is 12.8 Å². The van der Waals surface area contributed by atoms with E-state index in [1.165, 1.54) is 22.9 Å². The van der Waals surface area contributed by atoms with Crippen LogP contribution in [-0.2, 0) is 16.4 Å². The van der Waals surface area contributed by atoms with Gasteiger partial charge in [-0.3, -0.25) is 4.79 Å². The molecule has 2 rings (SSSR count). The van der Waals surface area contributed by atoms with Gasteiger partial charge in [0, 0.05) is 18.8 Å². The van der Waals surface area contributed by atoms with Crippen molar-refractivity contribution in [3.8, 4) is 0 Å². The Labute approximate surface area is 115 Å². The van der Waals surface area contributed by atoms with Gasteiger partial charge in [0.05, 0.1) is 16.3 Å². The maximum Gasteiger partial charge on any atom is 0.250 e. The first-order valence-corrected chi connectivity index (χ1v) is 7.48. The highest BCUT2D eigenvalue weighted by Crippen LogP contribution is 2.20. The molecule has 5 nitrogen and oxygen atoms in total. The van der Waals surface area contributed by atoms with Crippen LogP contribution >= 0.6 is 0 Å². The van der Waals surface area contributed by atoms with Crippen molar-refractivity contribution in [3.63, 3.8) is 0 Å². The van der Waals surface area contributed by atoms with Crippen molar-refractivity contribution in [2.24, 2.45) is 0 Å². The van der Waals surface area contributed by atoms with Gasteiger partial charge >= 0.3 is 0 Å². The number of aromatic nitrogens is 1. The van der Waals surface area contributed by atoms with E-state index in [1.807, 2.05) is 0 Å². The molecule has 0 fully saturated rings. The topological polar surface area (TPSA) is 82.2 Å². The highest BCUT2D eigenvalue weighted by atomic mass is 32.2. The third-order valence-electron chi connectivity index (χ3n) is 2.81. The second kappa shape index (κ2) is 5.46. The number of hydrogen-bond donors (Lipinski definition) is 1. The largest absolute Gasteiger partial charge is 0.398 e. The smallest absolute Gasteiger partial charge is 0.250 e. The van der Waals surface area contributed by atoms with Crippen LogP contribution in [0.5, 0.6) is 0 Å². The van der Waals surface area contributed by atoms with Gasteiger partial charge < -0.3 is 10.3 Å². The molecule has 0 aliphatic carbocycles. The van der Waals surface area contributed by atoms with Crippen molar-refractivity contribution < 1.29 is 12.8 Å². The van der Waals surface area contributed by atoms with Gasteiger partial charge in [-0.1, -0.05) is 6.07 Å². The van der Waals surface area contributed by atoms with Crippen LogP contribution in [0.1, 0.15) is 0 Å². The summed E-state index contributed by atoms with van der Waals surface area (Å²) < 4.78 is 38.7. The summed E-state index contributed by atoms with van der Waals surface area (Å²) in [5, 5.41) is 0. The monoisotopic (exact) mass is 296 g/mol. The maximum absolute atomic E-state index is 13.1. The molecule has 0 atom stereocenters. The van der Waals surface area contributed by atoms with Crippen LogP contribution in [0, 0.1) is 5.82 Å². The minimum Gasteiger partial charge on any atom is -0.398 e. The van der Waals surface area contributed by atoms with E-state index >= 15 is 0 Å². The molecule has 0 radical (unpaired) electrons. The van der Waals surface area contributed by atoms with Gasteiger partial charge in [0.15, 0.2) is 9.84 Å². The van der Waals surface area contributed by atoms with Crippen LogP contribution in [0.15, 0.2) is 52.3 Å². The summed E-state index contributed by atoms with van der Waals surface area (Å²) in [6.07, 6.45) is 1.49. The fourth-order valence-corrected chi connectivity index (χ4v) is 3.13. The molecule has 1 aromatic heterocycles. The van der Waals surface area contributed by atoms with Gasteiger partial charge in [-0.15, -0.1) is 0 Å². The Kier molecular flexibility index (Phi) is 3.89. The molecule has 0 bridgehead atoms. The molecule has 106 valence electrons. The first-order valence-electron chi connectivity index (χ1n) is 5.83. The summed E-state index contributed by atoms with van der Waals surface area (Å²) in [7, 11) is -3.75. The molecular formula is C13H13FN2O3S. The summed E-state index contributed by atoms with van der Waals surface area (Å²) in [5.41, 5.74) is 5.26. The number of pyridine rings is 1. The highest BCUT2D eigenvalue weighted by Gasteiger charge is 2.18. The third-order valence-corrected chi connectivity index (χ3v) is 4.55. The molecule has 1 aromatic carbocycles. The Hall–Kier alpha value is -2.15. The second-order valence-corrected chi connectivity index (χ2v) is 6.31. The van der Waals surface area contributed by atoms with Crippen LogP contribution < -0.4 is 11.3 Å². The lowest BCUT2D eigenvalue weighted by Gasteiger charge is -2.09. The molecule has 2 N–H and O–H groups in total. The molecule has 2 aromatic rings. The molecule has 20 heavy (non-hydrogen) atoms. The first kappa shape index (κ1) is 14.3. The van der Waals surface area contributed by atoms with Crippen LogP contribution in [0.3, 0.4) is 0 Å². The SMILES string of the molecule is Nc1ccc(F)cc1S(=O)(=O)CCn1ccccc1=O. The molecule has 0 spiro atoms. The molecule has 7 heteroatoms. The number of aryl methyl sites for hydroxylation is 1. The van der Waals surface area contributed by atoms with Gasteiger partial charge in [-0.05, 0) is 24.3 Å². The molecule has 0 aliphatic heterocycles. The predicted molar refractivity (Wildman–Crippen MR) is 73.6 cm³/mol. The van der Waals surface area contributed by atoms with E-state index in [2.05, 4.69) is 0 Å². The molecular weight excluding hydrogens is 283 g/mol. The quantitative estimate of drug-likeness (QED) is 0.855. The van der Waals surface area contributed by atoms with Crippen LogP contribution in [0.25, 0.3) is 0 Å². The summed E-state index contributed by atoms with van der Waals surface area (Å²) in [4.78, 5) is 11.2. The number of hydrogen-bond acceptors (Lipinski definition) is 4. The fourth-order valence-electron chi connectivity index (χ4n) is 1.75. The van der Waals surface area contributed by atoms with E-state index in [1.54, 1.807) is 12.1 Å². The van der Waals surface area contributed by atoms with Gasteiger partial charge in [-0.2, -0.15) is 0 Å². The summed E-state index contributed by atoms with van der Waals surface area (Å²) in [6, 6.07) is 7.72. The lowest BCUT2D eigenvalue weighted by Crippen LogP contribution is -2.23. The number of nitrogens with two attached hydrogens (primary N) is 1. The van der Waals surface area contributed by atoms with E-state index in [0.29, 0.717) is 0 Å². The molecule has 1 heterocycles. The number of sulfone groups is 1. The number of rotatable bonds is 4. The van der Waals surface area contributed by atoms with Gasteiger partial charge in [0.2, 0.25) is 0 Å². The Morgan fingerprint density at radius 1 is 1.20 bits per heavy atom. The lowest BCUT2D eigenvalue weighted by atomic mass is 10.3. The number of benzene rings is 1. The van der Waals surface area contributed by atoms with Crippen LogP contribution in [0.2, 0.25) is 0 Å². The van der Waals surface area contributed by atoms with Crippen molar-refractivity contribution >= 4 is 15.5 Å². The zero-order chi connectivity index (χ0) is 14.8. The Morgan fingerprint density at radius 3 is 2.65 bits per heavy atom. The molecule has 0 amide bonds. The molecule has 0 unspecified atom stereocenters. The molecule has 0 saturated heterocycles. The van der Waals surface area contributed by atoms with Gasteiger partial charge in [0.25, 0.3) is 5.56 Å². The Bertz CT molecular complexity index is 784. The standard InChI is InChI=1S/C13H13FN2O3S/c14-10-4-5-11(15)12(9-10)20(18,19)8-7-16-6-2-1-3-13(16)17/h1-6,9H,7-8,15H2. The number of nitrogen functional groups attached to an aromatic ring is 1. The lowest BCUT2D eigenvalue weighted by molar-refractivity contribution is 0.583. The minimum absolute atomic E-state index is 0.00758. The van der Waals surface area contributed by atoms with Crippen molar-refractivity contribution in [2.75, 3.05) is 11.5 Å². The molecule has 0 aliphatic rings. The second-order valence-electron chi connectivity index (χ2n) is 4.23. The third kappa shape index (κ3) is 3.05. The summed E-state index contributed by atoms with van der Waals surface area (Å²) in [6.45, 7) is -0.0159.